The molecule has 0 fully saturated rings. The maximum Gasteiger partial charge on any atom is 1.00 e. The number of carbonyl (C=O) groups excluding carboxylic acids is 1. The summed E-state index contributed by atoms with van der Waals surface area (Å²) in [6, 6.07) is 6.94. The van der Waals surface area contributed by atoms with Crippen LogP contribution in [0.1, 0.15) is 10.4 Å². The number of benzene rings is 1. The fourth-order valence-electron chi connectivity index (χ4n) is 0.652. The molecule has 0 radical (unpaired) electrons. The summed E-state index contributed by atoms with van der Waals surface area (Å²) < 4.78 is 0. The number of nitrogens with two attached hydrogens (primary N) is 1. The van der Waals surface area contributed by atoms with Crippen LogP contribution in [0.4, 0.5) is 0 Å². The van der Waals surface area contributed by atoms with Gasteiger partial charge < -0.3 is 25.8 Å². The molecule has 6 nitrogen and oxygen atoms in total. The van der Waals surface area contributed by atoms with Crippen molar-refractivity contribution in [3.63, 3.8) is 0 Å². The second-order valence-corrected chi connectivity index (χ2v) is 2.78. The average molecular weight is 249 g/mol. The van der Waals surface area contributed by atoms with Crippen LogP contribution in [0.2, 0.25) is 0 Å². The molecule has 1 rings (SSSR count). The molecule has 1 aromatic rings. The van der Waals surface area contributed by atoms with Gasteiger partial charge >= 0.3 is 35.5 Å². The summed E-state index contributed by atoms with van der Waals surface area (Å²) >= 11 is 0. The topological polar surface area (TPSA) is 124 Å². The fourth-order valence-corrected chi connectivity index (χ4v) is 0.652. The second-order valence-electron chi connectivity index (χ2n) is 2.78. The van der Waals surface area contributed by atoms with Crippen molar-refractivity contribution in [2.45, 2.75) is 6.04 Å². The third kappa shape index (κ3) is 8.84. The van der Waals surface area contributed by atoms with Gasteiger partial charge in [-0.05, 0) is 5.56 Å². The van der Waals surface area contributed by atoms with Gasteiger partial charge in [-0.2, -0.15) is 0 Å². The number of carboxylic acids is 2. The zero-order valence-electron chi connectivity index (χ0n) is 9.37. The molecule has 0 aliphatic heterocycles. The van der Waals surface area contributed by atoms with E-state index in [2.05, 4.69) is 0 Å². The van der Waals surface area contributed by atoms with Crippen molar-refractivity contribution in [1.82, 2.24) is 0 Å². The van der Waals surface area contributed by atoms with Crippen LogP contribution in [-0.2, 0) is 4.79 Å². The van der Waals surface area contributed by atoms with E-state index in [1.807, 2.05) is 0 Å². The first-order valence-corrected chi connectivity index (χ1v) is 4.34. The summed E-state index contributed by atoms with van der Waals surface area (Å²) in [6.45, 7) is -0.505. The number of rotatable bonds is 3. The zero-order valence-corrected chi connectivity index (χ0v) is 11.4. The van der Waals surface area contributed by atoms with Crippen LogP contribution >= 0.6 is 0 Å². The number of hydrogen-bond acceptors (Lipinski definition) is 5. The standard InChI is InChI=1S/C7H6O2.C3H7NO3.Na/c8-7(9)6-4-2-1-3-5-6;4-2(1-5)3(6)7;/h1-5H,(H,8,9);2,5H,1,4H2,(H,6,7);/q;;+1/p-1. The van der Waals surface area contributed by atoms with E-state index in [-0.39, 0.29) is 35.1 Å². The molecule has 1 aromatic carbocycles. The third-order valence-corrected chi connectivity index (χ3v) is 1.52. The molecule has 4 N–H and O–H groups in total. The van der Waals surface area contributed by atoms with Crippen LogP contribution in [0.3, 0.4) is 0 Å². The van der Waals surface area contributed by atoms with Crippen molar-refractivity contribution in [2.75, 3.05) is 6.61 Å². The quantitative estimate of drug-likeness (QED) is 0.463. The SMILES string of the molecule is NC(CO)C(=O)O.O=C([O-])c1ccccc1.[Na+]. The first-order chi connectivity index (χ1) is 7.49. The summed E-state index contributed by atoms with van der Waals surface area (Å²) in [7, 11) is 0. The van der Waals surface area contributed by atoms with Gasteiger partial charge in [0.2, 0.25) is 0 Å². The molecule has 0 heterocycles. The van der Waals surface area contributed by atoms with Crippen molar-refractivity contribution in [1.29, 1.82) is 0 Å². The summed E-state index contributed by atoms with van der Waals surface area (Å²) in [6.07, 6.45) is 0. The Bertz CT molecular complexity index is 344. The van der Waals surface area contributed by atoms with Gasteiger partial charge in [-0.3, -0.25) is 4.79 Å². The molecule has 0 saturated heterocycles. The summed E-state index contributed by atoms with van der Waals surface area (Å²) in [5.41, 5.74) is 4.99. The molecular weight excluding hydrogens is 237 g/mol. The number of aliphatic carboxylic acids is 1. The Balaban J connectivity index is 0. The molecule has 7 heteroatoms. The Morgan fingerprint density at radius 3 is 1.94 bits per heavy atom. The number of carboxylic acid groups (broad SMARTS) is 2. The van der Waals surface area contributed by atoms with Gasteiger partial charge in [-0.15, -0.1) is 0 Å². The van der Waals surface area contributed by atoms with E-state index in [1.165, 1.54) is 12.1 Å². The average Bonchev–Trinajstić information content (AvgIpc) is 2.29. The maximum absolute atomic E-state index is 10.1. The van der Waals surface area contributed by atoms with Crippen molar-refractivity contribution >= 4 is 11.9 Å². The largest absolute Gasteiger partial charge is 1.00 e. The van der Waals surface area contributed by atoms with Crippen molar-refractivity contribution < 1.29 is 54.5 Å². The number of aliphatic hydroxyl groups is 1. The molecule has 0 spiro atoms. The minimum Gasteiger partial charge on any atom is -0.545 e. The summed E-state index contributed by atoms with van der Waals surface area (Å²) in [5, 5.41) is 26.0. The molecule has 0 amide bonds. The van der Waals surface area contributed by atoms with Gasteiger partial charge in [0.05, 0.1) is 12.6 Å². The molecule has 17 heavy (non-hydrogen) atoms. The van der Waals surface area contributed by atoms with Crippen LogP contribution in [0, 0.1) is 0 Å². The number of aromatic carboxylic acids is 1. The van der Waals surface area contributed by atoms with E-state index in [1.54, 1.807) is 18.2 Å². The van der Waals surface area contributed by atoms with E-state index in [0.29, 0.717) is 0 Å². The predicted molar refractivity (Wildman–Crippen MR) is 53.5 cm³/mol. The van der Waals surface area contributed by atoms with E-state index < -0.39 is 24.6 Å². The smallest absolute Gasteiger partial charge is 0.545 e. The summed E-state index contributed by atoms with van der Waals surface area (Å²) in [5.74, 6) is -2.31. The molecule has 0 aromatic heterocycles. The van der Waals surface area contributed by atoms with Crippen LogP contribution in [0.15, 0.2) is 30.3 Å². The molecule has 88 valence electrons. The minimum atomic E-state index is -1.18. The van der Waals surface area contributed by atoms with Crippen molar-refractivity contribution in [2.24, 2.45) is 5.73 Å². The van der Waals surface area contributed by atoms with E-state index in [0.717, 1.165) is 0 Å². The Morgan fingerprint density at radius 1 is 1.29 bits per heavy atom. The molecule has 1 unspecified atom stereocenters. The van der Waals surface area contributed by atoms with Crippen LogP contribution in [0.25, 0.3) is 0 Å². The van der Waals surface area contributed by atoms with Gasteiger partial charge in [0, 0.05) is 0 Å². The van der Waals surface area contributed by atoms with Crippen LogP contribution in [0.5, 0.6) is 0 Å². The number of aliphatic hydroxyl groups excluding tert-OH is 1. The van der Waals surface area contributed by atoms with Crippen molar-refractivity contribution in [3.8, 4) is 0 Å². The molecule has 0 saturated carbocycles. The van der Waals surface area contributed by atoms with Crippen LogP contribution in [-0.4, -0.2) is 34.8 Å². The van der Waals surface area contributed by atoms with Gasteiger partial charge in [-0.25, -0.2) is 0 Å². The Labute approximate surface area is 120 Å². The minimum absolute atomic E-state index is 0. The molecular formula is C10H12NNaO5. The summed E-state index contributed by atoms with van der Waals surface area (Å²) in [4.78, 5) is 19.7. The Kier molecular flexibility index (Phi) is 11.1. The van der Waals surface area contributed by atoms with Gasteiger partial charge in [0.25, 0.3) is 0 Å². The second kappa shape index (κ2) is 10.2. The third-order valence-electron chi connectivity index (χ3n) is 1.52. The predicted octanol–water partition coefficient (Wildman–Crippen LogP) is -4.56. The van der Waals surface area contributed by atoms with E-state index >= 15 is 0 Å². The normalized spacial score (nSPS) is 10.2. The van der Waals surface area contributed by atoms with Crippen molar-refractivity contribution in [3.05, 3.63) is 35.9 Å². The molecule has 0 aliphatic carbocycles. The van der Waals surface area contributed by atoms with Gasteiger partial charge in [0.1, 0.15) is 6.04 Å². The first-order valence-electron chi connectivity index (χ1n) is 4.34. The molecule has 1 atom stereocenters. The Morgan fingerprint density at radius 2 is 1.76 bits per heavy atom. The number of hydrogen-bond donors (Lipinski definition) is 3. The maximum atomic E-state index is 10.1. The number of carbonyl (C=O) groups is 2. The monoisotopic (exact) mass is 249 g/mol. The molecule has 0 aliphatic rings. The van der Waals surface area contributed by atoms with E-state index in [4.69, 9.17) is 15.9 Å². The fraction of sp³-hybridized carbons (Fsp3) is 0.200. The van der Waals surface area contributed by atoms with Gasteiger partial charge in [-0.1, -0.05) is 30.3 Å². The van der Waals surface area contributed by atoms with Gasteiger partial charge in [0.15, 0.2) is 0 Å². The van der Waals surface area contributed by atoms with E-state index in [9.17, 15) is 14.7 Å². The molecule has 0 bridgehead atoms. The zero-order chi connectivity index (χ0) is 12.6. The van der Waals surface area contributed by atoms with Crippen LogP contribution < -0.4 is 40.4 Å². The Hall–Kier alpha value is -0.920. The first kappa shape index (κ1) is 18.4.